The first-order valence-corrected chi connectivity index (χ1v) is 4.41. The van der Waals surface area contributed by atoms with Crippen LogP contribution in [-0.2, 0) is 14.3 Å². The zero-order chi connectivity index (χ0) is 9.84. The molecule has 1 rings (SSSR count). The number of hydrogen-bond donors (Lipinski definition) is 1. The van der Waals surface area contributed by atoms with Crippen LogP contribution in [0.3, 0.4) is 0 Å². The molecule has 0 saturated carbocycles. The summed E-state index contributed by atoms with van der Waals surface area (Å²) < 4.78 is 9.89. The Kier molecular flexibility index (Phi) is 3.17. The third kappa shape index (κ3) is 2.37. The molecule has 4 nitrogen and oxygen atoms in total. The number of allylic oxidation sites excluding steroid dienone is 1. The number of aliphatic hydroxyl groups is 1. The van der Waals surface area contributed by atoms with Gasteiger partial charge in [-0.15, -0.1) is 0 Å². The Balaban J connectivity index is 2.70. The Hall–Kier alpha value is -1.19. The van der Waals surface area contributed by atoms with Gasteiger partial charge in [0.2, 0.25) is 5.76 Å². The second-order valence-corrected chi connectivity index (χ2v) is 2.96. The van der Waals surface area contributed by atoms with E-state index in [1.807, 2.05) is 6.92 Å². The van der Waals surface area contributed by atoms with Crippen LogP contribution in [0.1, 0.15) is 26.7 Å². The second-order valence-electron chi connectivity index (χ2n) is 2.96. The molecule has 1 aliphatic heterocycles. The van der Waals surface area contributed by atoms with Crippen molar-refractivity contribution in [2.24, 2.45) is 0 Å². The summed E-state index contributed by atoms with van der Waals surface area (Å²) in [6, 6.07) is 0. The van der Waals surface area contributed by atoms with Crippen molar-refractivity contribution in [3.8, 4) is 0 Å². The molecule has 0 aromatic heterocycles. The van der Waals surface area contributed by atoms with Gasteiger partial charge in [-0.3, -0.25) is 0 Å². The molecule has 0 spiro atoms. The predicted molar refractivity (Wildman–Crippen MR) is 46.1 cm³/mol. The number of aliphatic hydroxyl groups excluding tert-OH is 1. The molecule has 1 unspecified atom stereocenters. The van der Waals surface area contributed by atoms with Gasteiger partial charge >= 0.3 is 5.97 Å². The van der Waals surface area contributed by atoms with Gasteiger partial charge in [0.15, 0.2) is 0 Å². The maximum atomic E-state index is 11.2. The quantitative estimate of drug-likeness (QED) is 0.664. The van der Waals surface area contributed by atoms with Gasteiger partial charge in [-0.1, -0.05) is 0 Å². The van der Waals surface area contributed by atoms with Gasteiger partial charge in [0.1, 0.15) is 5.76 Å². The van der Waals surface area contributed by atoms with Gasteiger partial charge < -0.3 is 14.6 Å². The van der Waals surface area contributed by atoms with Gasteiger partial charge in [0.05, 0.1) is 12.7 Å². The maximum absolute atomic E-state index is 11.2. The van der Waals surface area contributed by atoms with E-state index in [1.54, 1.807) is 6.92 Å². The molecule has 74 valence electrons. The molecule has 1 aliphatic rings. The Labute approximate surface area is 77.1 Å². The Bertz CT molecular complexity index is 232. The lowest BCUT2D eigenvalue weighted by atomic mass is 10.1. The SMILES string of the molecule is CCOC(=O)C1=C(O)CCC(C)O1. The Morgan fingerprint density at radius 2 is 2.46 bits per heavy atom. The largest absolute Gasteiger partial charge is 0.508 e. The minimum absolute atomic E-state index is 0.00319. The Morgan fingerprint density at radius 3 is 3.08 bits per heavy atom. The number of carbonyl (C=O) groups excluding carboxylic acids is 1. The lowest BCUT2D eigenvalue weighted by Crippen LogP contribution is -2.22. The van der Waals surface area contributed by atoms with E-state index in [1.165, 1.54) is 0 Å². The molecule has 1 heterocycles. The maximum Gasteiger partial charge on any atom is 0.377 e. The molecule has 0 amide bonds. The minimum Gasteiger partial charge on any atom is -0.508 e. The Morgan fingerprint density at radius 1 is 1.77 bits per heavy atom. The molecular weight excluding hydrogens is 172 g/mol. The lowest BCUT2D eigenvalue weighted by molar-refractivity contribution is -0.144. The molecular formula is C9H14O4. The molecule has 1 atom stereocenters. The smallest absolute Gasteiger partial charge is 0.377 e. The fourth-order valence-corrected chi connectivity index (χ4v) is 1.14. The predicted octanol–water partition coefficient (Wildman–Crippen LogP) is 1.52. The number of esters is 1. The average molecular weight is 186 g/mol. The summed E-state index contributed by atoms with van der Waals surface area (Å²) in [7, 11) is 0. The lowest BCUT2D eigenvalue weighted by Gasteiger charge is -2.21. The van der Waals surface area contributed by atoms with E-state index in [4.69, 9.17) is 9.47 Å². The van der Waals surface area contributed by atoms with Gasteiger partial charge in [0.25, 0.3) is 0 Å². The first-order chi connectivity index (χ1) is 6.15. The summed E-state index contributed by atoms with van der Waals surface area (Å²) in [6.45, 7) is 3.85. The molecule has 0 aliphatic carbocycles. The molecule has 0 aromatic rings. The fraction of sp³-hybridized carbons (Fsp3) is 0.667. The third-order valence-electron chi connectivity index (χ3n) is 1.83. The molecule has 0 bridgehead atoms. The second kappa shape index (κ2) is 4.16. The average Bonchev–Trinajstić information content (AvgIpc) is 2.09. The summed E-state index contributed by atoms with van der Waals surface area (Å²) in [5.74, 6) is -0.608. The monoisotopic (exact) mass is 186 g/mol. The van der Waals surface area contributed by atoms with Crippen LogP contribution in [0.4, 0.5) is 0 Å². The van der Waals surface area contributed by atoms with Gasteiger partial charge in [-0.25, -0.2) is 4.79 Å². The minimum atomic E-state index is -0.577. The number of hydrogen-bond acceptors (Lipinski definition) is 4. The summed E-state index contributed by atoms with van der Waals surface area (Å²) in [6.07, 6.45) is 1.18. The van der Waals surface area contributed by atoms with Gasteiger partial charge in [0, 0.05) is 6.42 Å². The van der Waals surface area contributed by atoms with Crippen molar-refractivity contribution in [1.82, 2.24) is 0 Å². The number of ether oxygens (including phenoxy) is 2. The van der Waals surface area contributed by atoms with Crippen molar-refractivity contribution < 1.29 is 19.4 Å². The summed E-state index contributed by atoms with van der Waals surface area (Å²) in [5.41, 5.74) is 0. The van der Waals surface area contributed by atoms with Crippen LogP contribution < -0.4 is 0 Å². The van der Waals surface area contributed by atoms with Crippen LogP contribution in [0, 0.1) is 0 Å². The van der Waals surface area contributed by atoms with Crippen LogP contribution in [0.15, 0.2) is 11.5 Å². The van der Waals surface area contributed by atoms with Crippen LogP contribution in [0.5, 0.6) is 0 Å². The van der Waals surface area contributed by atoms with Crippen molar-refractivity contribution in [2.75, 3.05) is 6.61 Å². The number of rotatable bonds is 2. The van der Waals surface area contributed by atoms with Gasteiger partial charge in [-0.05, 0) is 20.3 Å². The van der Waals surface area contributed by atoms with E-state index < -0.39 is 5.97 Å². The molecule has 0 fully saturated rings. The summed E-state index contributed by atoms with van der Waals surface area (Å²) in [5, 5.41) is 9.34. The van der Waals surface area contributed by atoms with Crippen molar-refractivity contribution in [2.45, 2.75) is 32.8 Å². The fourth-order valence-electron chi connectivity index (χ4n) is 1.14. The molecule has 1 N–H and O–H groups in total. The van der Waals surface area contributed by atoms with Crippen molar-refractivity contribution >= 4 is 5.97 Å². The van der Waals surface area contributed by atoms with Crippen LogP contribution >= 0.6 is 0 Å². The highest BCUT2D eigenvalue weighted by atomic mass is 16.6. The highest BCUT2D eigenvalue weighted by Gasteiger charge is 2.25. The van der Waals surface area contributed by atoms with E-state index in [2.05, 4.69) is 0 Å². The van der Waals surface area contributed by atoms with E-state index in [9.17, 15) is 9.90 Å². The van der Waals surface area contributed by atoms with E-state index >= 15 is 0 Å². The highest BCUT2D eigenvalue weighted by molar-refractivity contribution is 5.86. The standard InChI is InChI=1S/C9H14O4/c1-3-12-9(11)8-7(10)5-4-6(2)13-8/h6,10H,3-5H2,1-2H3. The zero-order valence-electron chi connectivity index (χ0n) is 7.87. The first-order valence-electron chi connectivity index (χ1n) is 4.41. The summed E-state index contributed by atoms with van der Waals surface area (Å²) in [4.78, 5) is 11.2. The normalized spacial score (nSPS) is 22.5. The van der Waals surface area contributed by atoms with E-state index in [0.29, 0.717) is 6.42 Å². The highest BCUT2D eigenvalue weighted by Crippen LogP contribution is 2.22. The van der Waals surface area contributed by atoms with Crippen molar-refractivity contribution in [1.29, 1.82) is 0 Å². The molecule has 0 saturated heterocycles. The van der Waals surface area contributed by atoms with E-state index in [-0.39, 0.29) is 24.2 Å². The number of carbonyl (C=O) groups is 1. The third-order valence-corrected chi connectivity index (χ3v) is 1.83. The van der Waals surface area contributed by atoms with Gasteiger partial charge in [-0.2, -0.15) is 0 Å². The zero-order valence-corrected chi connectivity index (χ0v) is 7.87. The molecule has 0 radical (unpaired) electrons. The molecule has 0 aromatic carbocycles. The first kappa shape index (κ1) is 9.89. The van der Waals surface area contributed by atoms with E-state index in [0.717, 1.165) is 6.42 Å². The van der Waals surface area contributed by atoms with Crippen molar-refractivity contribution in [3.05, 3.63) is 11.5 Å². The molecule has 4 heteroatoms. The topological polar surface area (TPSA) is 55.8 Å². The molecule has 13 heavy (non-hydrogen) atoms. The van der Waals surface area contributed by atoms with Crippen LogP contribution in [0.25, 0.3) is 0 Å². The van der Waals surface area contributed by atoms with Crippen LogP contribution in [0.2, 0.25) is 0 Å². The van der Waals surface area contributed by atoms with Crippen molar-refractivity contribution in [3.63, 3.8) is 0 Å². The van der Waals surface area contributed by atoms with Crippen LogP contribution in [-0.4, -0.2) is 23.8 Å². The summed E-state index contributed by atoms with van der Waals surface area (Å²) >= 11 is 0.